The number of hydrogen-bond acceptors (Lipinski definition) is 2. The van der Waals surface area contributed by atoms with Crippen LogP contribution in [0.5, 0.6) is 0 Å². The molecule has 3 rings (SSSR count). The van der Waals surface area contributed by atoms with Gasteiger partial charge in [-0.1, -0.05) is 31.2 Å². The molecule has 3 nitrogen and oxygen atoms in total. The molecular weight excluding hydrogens is 260 g/mol. The van der Waals surface area contributed by atoms with Gasteiger partial charge in [-0.25, -0.2) is 0 Å². The molecule has 1 aliphatic heterocycles. The zero-order chi connectivity index (χ0) is 15.0. The average Bonchev–Trinajstić information content (AvgIpc) is 2.88. The van der Waals surface area contributed by atoms with Crippen LogP contribution < -0.4 is 0 Å². The molecule has 1 aromatic carbocycles. The van der Waals surface area contributed by atoms with Crippen LogP contribution in [0.3, 0.4) is 0 Å². The topological polar surface area (TPSA) is 23.6 Å². The van der Waals surface area contributed by atoms with Crippen LogP contribution >= 0.6 is 0 Å². The minimum Gasteiger partial charge on any atom is -0.341 e. The van der Waals surface area contributed by atoms with Crippen LogP contribution in [0.2, 0.25) is 0 Å². The predicted molar refractivity (Wildman–Crippen MR) is 85.1 cm³/mol. The SMILES string of the molecule is CC1CCN(C(=O)C2(N(C)C)CCc3ccccc32)CC1. The minimum atomic E-state index is -0.447. The van der Waals surface area contributed by atoms with Crippen molar-refractivity contribution >= 4 is 5.91 Å². The highest BCUT2D eigenvalue weighted by molar-refractivity contribution is 5.89. The molecule has 0 spiro atoms. The quantitative estimate of drug-likeness (QED) is 0.834. The second kappa shape index (κ2) is 5.45. The smallest absolute Gasteiger partial charge is 0.247 e. The average molecular weight is 286 g/mol. The molecule has 0 aromatic heterocycles. The summed E-state index contributed by atoms with van der Waals surface area (Å²) in [6.45, 7) is 4.11. The Morgan fingerprint density at radius 1 is 1.24 bits per heavy atom. The van der Waals surface area contributed by atoms with E-state index in [4.69, 9.17) is 0 Å². The number of likely N-dealkylation sites (N-methyl/N-ethyl adjacent to an activating group) is 1. The van der Waals surface area contributed by atoms with Crippen molar-refractivity contribution in [1.82, 2.24) is 9.80 Å². The molecule has 1 heterocycles. The lowest BCUT2D eigenvalue weighted by molar-refractivity contribution is -0.145. The Balaban J connectivity index is 1.94. The Kier molecular flexibility index (Phi) is 3.78. The summed E-state index contributed by atoms with van der Waals surface area (Å²) in [7, 11) is 4.10. The van der Waals surface area contributed by atoms with Gasteiger partial charge in [-0.05, 0) is 56.8 Å². The van der Waals surface area contributed by atoms with E-state index in [1.807, 2.05) is 14.1 Å². The summed E-state index contributed by atoms with van der Waals surface area (Å²) in [6, 6.07) is 8.46. The summed E-state index contributed by atoms with van der Waals surface area (Å²) in [6.07, 6.45) is 4.18. The third kappa shape index (κ3) is 2.28. The van der Waals surface area contributed by atoms with Crippen LogP contribution in [-0.2, 0) is 16.8 Å². The van der Waals surface area contributed by atoms with Gasteiger partial charge in [0.15, 0.2) is 0 Å². The van der Waals surface area contributed by atoms with Crippen LogP contribution in [0, 0.1) is 5.92 Å². The van der Waals surface area contributed by atoms with E-state index < -0.39 is 5.54 Å². The lowest BCUT2D eigenvalue weighted by Gasteiger charge is -2.42. The number of fused-ring (bicyclic) bond motifs is 1. The highest BCUT2D eigenvalue weighted by atomic mass is 16.2. The van der Waals surface area contributed by atoms with Crippen LogP contribution in [0.25, 0.3) is 0 Å². The summed E-state index contributed by atoms with van der Waals surface area (Å²) in [5, 5.41) is 0. The molecular formula is C18H26N2O. The van der Waals surface area contributed by atoms with Crippen LogP contribution in [-0.4, -0.2) is 42.9 Å². The molecule has 1 fully saturated rings. The number of hydrogen-bond donors (Lipinski definition) is 0. The van der Waals surface area contributed by atoms with Crippen molar-refractivity contribution in [2.75, 3.05) is 27.2 Å². The van der Waals surface area contributed by atoms with E-state index in [1.54, 1.807) is 0 Å². The summed E-state index contributed by atoms with van der Waals surface area (Å²) in [4.78, 5) is 17.6. The van der Waals surface area contributed by atoms with Crippen LogP contribution in [0.4, 0.5) is 0 Å². The van der Waals surface area contributed by atoms with Crippen LogP contribution in [0.15, 0.2) is 24.3 Å². The number of nitrogens with zero attached hydrogens (tertiary/aromatic N) is 2. The van der Waals surface area contributed by atoms with E-state index in [-0.39, 0.29) is 0 Å². The molecule has 1 saturated heterocycles. The second-order valence-electron chi connectivity index (χ2n) is 6.89. The first kappa shape index (κ1) is 14.6. The van der Waals surface area contributed by atoms with Gasteiger partial charge >= 0.3 is 0 Å². The van der Waals surface area contributed by atoms with E-state index >= 15 is 0 Å². The molecule has 2 aliphatic rings. The van der Waals surface area contributed by atoms with Gasteiger partial charge < -0.3 is 4.90 Å². The Bertz CT molecular complexity index is 532. The van der Waals surface area contributed by atoms with Gasteiger partial charge in [0.05, 0.1) is 0 Å². The maximum atomic E-state index is 13.3. The maximum Gasteiger partial charge on any atom is 0.247 e. The van der Waals surface area contributed by atoms with Gasteiger partial charge in [0.2, 0.25) is 5.91 Å². The van der Waals surface area contributed by atoms with Crippen molar-refractivity contribution < 1.29 is 4.79 Å². The first-order chi connectivity index (χ1) is 10.1. The second-order valence-corrected chi connectivity index (χ2v) is 6.89. The molecule has 1 amide bonds. The van der Waals surface area contributed by atoms with Crippen molar-refractivity contribution in [3.8, 4) is 0 Å². The maximum absolute atomic E-state index is 13.3. The molecule has 114 valence electrons. The van der Waals surface area contributed by atoms with Crippen molar-refractivity contribution in [3.63, 3.8) is 0 Å². The first-order valence-corrected chi connectivity index (χ1v) is 8.11. The zero-order valence-electron chi connectivity index (χ0n) is 13.4. The predicted octanol–water partition coefficient (Wildman–Crippen LogP) is 2.65. The number of aryl methyl sites for hydroxylation is 1. The number of rotatable bonds is 2. The summed E-state index contributed by atoms with van der Waals surface area (Å²) < 4.78 is 0. The van der Waals surface area contributed by atoms with Gasteiger partial charge in [0.1, 0.15) is 5.54 Å². The highest BCUT2D eigenvalue weighted by Gasteiger charge is 2.49. The fourth-order valence-corrected chi connectivity index (χ4v) is 3.94. The molecule has 0 N–H and O–H groups in total. The summed E-state index contributed by atoms with van der Waals surface area (Å²) in [5.41, 5.74) is 2.11. The van der Waals surface area contributed by atoms with Crippen molar-refractivity contribution in [1.29, 1.82) is 0 Å². The van der Waals surface area contributed by atoms with Crippen LogP contribution in [0.1, 0.15) is 37.3 Å². The third-order valence-electron chi connectivity index (χ3n) is 5.41. The monoisotopic (exact) mass is 286 g/mol. The number of amides is 1. The van der Waals surface area contributed by atoms with E-state index in [1.165, 1.54) is 11.1 Å². The standard InChI is InChI=1S/C18H26N2O/c1-14-9-12-20(13-10-14)17(21)18(19(2)3)11-8-15-6-4-5-7-16(15)18/h4-7,14H,8-13H2,1-3H3. The molecule has 0 saturated carbocycles. The minimum absolute atomic E-state index is 0.310. The number of carbonyl (C=O) groups is 1. The molecule has 1 unspecified atom stereocenters. The molecule has 21 heavy (non-hydrogen) atoms. The molecule has 1 aliphatic carbocycles. The van der Waals surface area contributed by atoms with E-state index in [0.29, 0.717) is 5.91 Å². The summed E-state index contributed by atoms with van der Waals surface area (Å²) in [5.74, 6) is 1.06. The first-order valence-electron chi connectivity index (χ1n) is 8.11. The lowest BCUT2D eigenvalue weighted by atomic mass is 9.87. The molecule has 1 aromatic rings. The number of likely N-dealkylation sites (tertiary alicyclic amines) is 1. The van der Waals surface area contributed by atoms with Gasteiger partial charge in [0.25, 0.3) is 0 Å². The Morgan fingerprint density at radius 2 is 1.90 bits per heavy atom. The highest BCUT2D eigenvalue weighted by Crippen LogP contribution is 2.42. The summed E-state index contributed by atoms with van der Waals surface area (Å²) >= 11 is 0. The Hall–Kier alpha value is -1.35. The van der Waals surface area contributed by atoms with Gasteiger partial charge in [-0.3, -0.25) is 9.69 Å². The molecule has 0 bridgehead atoms. The van der Waals surface area contributed by atoms with Crippen molar-refractivity contribution in [2.24, 2.45) is 5.92 Å². The fraction of sp³-hybridized carbons (Fsp3) is 0.611. The van der Waals surface area contributed by atoms with E-state index in [9.17, 15) is 4.79 Å². The van der Waals surface area contributed by atoms with Gasteiger partial charge in [-0.2, -0.15) is 0 Å². The van der Waals surface area contributed by atoms with E-state index in [2.05, 4.69) is 41.0 Å². The normalized spacial score (nSPS) is 26.2. The molecule has 0 radical (unpaired) electrons. The number of carbonyl (C=O) groups excluding carboxylic acids is 1. The largest absolute Gasteiger partial charge is 0.341 e. The number of piperidine rings is 1. The zero-order valence-corrected chi connectivity index (χ0v) is 13.4. The third-order valence-corrected chi connectivity index (χ3v) is 5.41. The Morgan fingerprint density at radius 3 is 2.57 bits per heavy atom. The van der Waals surface area contributed by atoms with Gasteiger partial charge in [-0.15, -0.1) is 0 Å². The fourth-order valence-electron chi connectivity index (χ4n) is 3.94. The Labute approximate surface area is 127 Å². The lowest BCUT2D eigenvalue weighted by Crippen LogP contribution is -2.55. The molecule has 1 atom stereocenters. The molecule has 3 heteroatoms. The number of benzene rings is 1. The van der Waals surface area contributed by atoms with Crippen molar-refractivity contribution in [2.45, 2.75) is 38.1 Å². The van der Waals surface area contributed by atoms with Crippen molar-refractivity contribution in [3.05, 3.63) is 35.4 Å². The van der Waals surface area contributed by atoms with E-state index in [0.717, 1.165) is 44.7 Å². The van der Waals surface area contributed by atoms with Gasteiger partial charge in [0, 0.05) is 13.1 Å².